The van der Waals surface area contributed by atoms with Crippen LogP contribution in [0.15, 0.2) is 42.5 Å². The molecular weight excluding hydrogens is 250 g/mol. The Labute approximate surface area is 111 Å². The molecule has 2 rings (SSSR count). The van der Waals surface area contributed by atoms with Crippen LogP contribution in [0.2, 0.25) is 5.02 Å². The molecule has 0 heterocycles. The third kappa shape index (κ3) is 2.94. The molecule has 2 aromatic carbocycles. The Morgan fingerprint density at radius 1 is 1.00 bits per heavy atom. The summed E-state index contributed by atoms with van der Waals surface area (Å²) in [6.45, 7) is 0.418. The van der Waals surface area contributed by atoms with E-state index in [0.717, 1.165) is 17.1 Å². The molecule has 4 heteroatoms. The van der Waals surface area contributed by atoms with Gasteiger partial charge in [-0.1, -0.05) is 17.7 Å². The summed E-state index contributed by atoms with van der Waals surface area (Å²) in [6, 6.07) is 12.8. The van der Waals surface area contributed by atoms with Crippen LogP contribution in [0.5, 0.6) is 17.2 Å². The summed E-state index contributed by atoms with van der Waals surface area (Å²) in [7, 11) is 1.63. The summed E-state index contributed by atoms with van der Waals surface area (Å²) in [5, 5.41) is 0.614. The molecule has 0 aliphatic carbocycles. The SMILES string of the molecule is COc1ccc(Oc2ccc(CN)c(Cl)c2)cc1. The summed E-state index contributed by atoms with van der Waals surface area (Å²) in [5.74, 6) is 2.20. The van der Waals surface area contributed by atoms with Crippen molar-refractivity contribution in [2.45, 2.75) is 6.54 Å². The van der Waals surface area contributed by atoms with Gasteiger partial charge in [-0.25, -0.2) is 0 Å². The van der Waals surface area contributed by atoms with Crippen molar-refractivity contribution in [3.63, 3.8) is 0 Å². The Hall–Kier alpha value is -1.71. The molecule has 0 atom stereocenters. The normalized spacial score (nSPS) is 10.2. The standard InChI is InChI=1S/C14H14ClNO2/c1-17-11-4-6-12(7-5-11)18-13-3-2-10(9-16)14(15)8-13/h2-8H,9,16H2,1H3. The fourth-order valence-electron chi connectivity index (χ4n) is 1.54. The zero-order chi connectivity index (χ0) is 13.0. The lowest BCUT2D eigenvalue weighted by Gasteiger charge is -2.08. The van der Waals surface area contributed by atoms with Crippen molar-refractivity contribution in [3.05, 3.63) is 53.1 Å². The summed E-state index contributed by atoms with van der Waals surface area (Å²) in [6.07, 6.45) is 0. The van der Waals surface area contributed by atoms with E-state index in [1.165, 1.54) is 0 Å². The number of nitrogens with two attached hydrogens (primary N) is 1. The smallest absolute Gasteiger partial charge is 0.128 e. The molecule has 18 heavy (non-hydrogen) atoms. The van der Waals surface area contributed by atoms with Crippen molar-refractivity contribution >= 4 is 11.6 Å². The van der Waals surface area contributed by atoms with E-state index < -0.39 is 0 Å². The quantitative estimate of drug-likeness (QED) is 0.917. The van der Waals surface area contributed by atoms with Crippen LogP contribution >= 0.6 is 11.6 Å². The molecule has 2 aromatic rings. The van der Waals surface area contributed by atoms with E-state index in [9.17, 15) is 0 Å². The fraction of sp³-hybridized carbons (Fsp3) is 0.143. The summed E-state index contributed by atoms with van der Waals surface area (Å²) < 4.78 is 10.8. The Morgan fingerprint density at radius 2 is 1.61 bits per heavy atom. The first-order valence-corrected chi connectivity index (χ1v) is 5.91. The lowest BCUT2D eigenvalue weighted by atomic mass is 10.2. The minimum Gasteiger partial charge on any atom is -0.497 e. The number of halogens is 1. The van der Waals surface area contributed by atoms with Crippen molar-refractivity contribution in [2.24, 2.45) is 5.73 Å². The van der Waals surface area contributed by atoms with Gasteiger partial charge >= 0.3 is 0 Å². The second kappa shape index (κ2) is 5.76. The number of ether oxygens (including phenoxy) is 2. The topological polar surface area (TPSA) is 44.5 Å². The average Bonchev–Trinajstić information content (AvgIpc) is 2.40. The Morgan fingerprint density at radius 3 is 2.17 bits per heavy atom. The zero-order valence-corrected chi connectivity index (χ0v) is 10.8. The molecule has 0 radical (unpaired) electrons. The second-order valence-electron chi connectivity index (χ2n) is 3.73. The van der Waals surface area contributed by atoms with Crippen molar-refractivity contribution in [1.82, 2.24) is 0 Å². The maximum atomic E-state index is 6.06. The highest BCUT2D eigenvalue weighted by atomic mass is 35.5. The van der Waals surface area contributed by atoms with E-state index in [1.807, 2.05) is 36.4 Å². The van der Waals surface area contributed by atoms with Crippen LogP contribution in [0.25, 0.3) is 0 Å². The Kier molecular flexibility index (Phi) is 4.07. The number of hydrogen-bond acceptors (Lipinski definition) is 3. The molecule has 0 aliphatic rings. The van der Waals surface area contributed by atoms with Gasteiger partial charge in [-0.15, -0.1) is 0 Å². The molecule has 0 aliphatic heterocycles. The molecule has 3 nitrogen and oxygen atoms in total. The maximum absolute atomic E-state index is 6.06. The van der Waals surface area contributed by atoms with Crippen LogP contribution in [-0.4, -0.2) is 7.11 Å². The van der Waals surface area contributed by atoms with E-state index in [0.29, 0.717) is 17.3 Å². The van der Waals surface area contributed by atoms with Gasteiger partial charge in [0, 0.05) is 11.6 Å². The lowest BCUT2D eigenvalue weighted by molar-refractivity contribution is 0.413. The van der Waals surface area contributed by atoms with Crippen LogP contribution < -0.4 is 15.2 Å². The largest absolute Gasteiger partial charge is 0.497 e. The number of benzene rings is 2. The van der Waals surface area contributed by atoms with Crippen molar-refractivity contribution in [1.29, 1.82) is 0 Å². The lowest BCUT2D eigenvalue weighted by Crippen LogP contribution is -1.97. The van der Waals surface area contributed by atoms with Crippen molar-refractivity contribution in [3.8, 4) is 17.2 Å². The van der Waals surface area contributed by atoms with Crippen molar-refractivity contribution in [2.75, 3.05) is 7.11 Å². The van der Waals surface area contributed by atoms with Gasteiger partial charge in [0.15, 0.2) is 0 Å². The predicted molar refractivity (Wildman–Crippen MR) is 72.4 cm³/mol. The van der Waals surface area contributed by atoms with Gasteiger partial charge < -0.3 is 15.2 Å². The fourth-order valence-corrected chi connectivity index (χ4v) is 1.78. The first kappa shape index (κ1) is 12.7. The molecule has 2 N–H and O–H groups in total. The van der Waals surface area contributed by atoms with Gasteiger partial charge in [0.25, 0.3) is 0 Å². The van der Waals surface area contributed by atoms with Crippen LogP contribution in [0.3, 0.4) is 0 Å². The minimum absolute atomic E-state index is 0.418. The summed E-state index contributed by atoms with van der Waals surface area (Å²) in [5.41, 5.74) is 6.45. The first-order chi connectivity index (χ1) is 8.72. The van der Waals surface area contributed by atoms with Crippen LogP contribution in [0.4, 0.5) is 0 Å². The first-order valence-electron chi connectivity index (χ1n) is 5.53. The van der Waals surface area contributed by atoms with E-state index in [-0.39, 0.29) is 0 Å². The third-order valence-electron chi connectivity index (χ3n) is 2.54. The van der Waals surface area contributed by atoms with Crippen LogP contribution in [0.1, 0.15) is 5.56 Å². The molecule has 0 bridgehead atoms. The van der Waals surface area contributed by atoms with E-state index in [2.05, 4.69) is 0 Å². The third-order valence-corrected chi connectivity index (χ3v) is 2.89. The highest BCUT2D eigenvalue weighted by Crippen LogP contribution is 2.27. The molecule has 94 valence electrons. The molecule has 0 amide bonds. The number of rotatable bonds is 4. The average molecular weight is 264 g/mol. The zero-order valence-electron chi connectivity index (χ0n) is 10.0. The summed E-state index contributed by atoms with van der Waals surface area (Å²) in [4.78, 5) is 0. The monoisotopic (exact) mass is 263 g/mol. The maximum Gasteiger partial charge on any atom is 0.128 e. The highest BCUT2D eigenvalue weighted by Gasteiger charge is 2.02. The minimum atomic E-state index is 0.418. The van der Waals surface area contributed by atoms with Gasteiger partial charge in [-0.2, -0.15) is 0 Å². The molecule has 0 aromatic heterocycles. The van der Waals surface area contributed by atoms with Crippen LogP contribution in [-0.2, 0) is 6.54 Å². The van der Waals surface area contributed by atoms with Crippen molar-refractivity contribution < 1.29 is 9.47 Å². The number of hydrogen-bond donors (Lipinski definition) is 1. The summed E-state index contributed by atoms with van der Waals surface area (Å²) >= 11 is 6.06. The van der Waals surface area contributed by atoms with Gasteiger partial charge in [0.2, 0.25) is 0 Å². The predicted octanol–water partition coefficient (Wildman–Crippen LogP) is 3.60. The molecule has 0 spiro atoms. The van der Waals surface area contributed by atoms with Crippen LogP contribution in [0, 0.1) is 0 Å². The highest BCUT2D eigenvalue weighted by molar-refractivity contribution is 6.31. The second-order valence-corrected chi connectivity index (χ2v) is 4.14. The van der Waals surface area contributed by atoms with Gasteiger partial charge in [-0.05, 0) is 42.0 Å². The van der Waals surface area contributed by atoms with E-state index in [4.69, 9.17) is 26.8 Å². The molecule has 0 fully saturated rings. The molecule has 0 unspecified atom stereocenters. The van der Waals surface area contributed by atoms with Gasteiger partial charge in [-0.3, -0.25) is 0 Å². The Balaban J connectivity index is 2.15. The van der Waals surface area contributed by atoms with E-state index >= 15 is 0 Å². The van der Waals surface area contributed by atoms with E-state index in [1.54, 1.807) is 13.2 Å². The molecule has 0 saturated carbocycles. The van der Waals surface area contributed by atoms with Gasteiger partial charge in [0.05, 0.1) is 7.11 Å². The molecular formula is C14H14ClNO2. The van der Waals surface area contributed by atoms with Gasteiger partial charge in [0.1, 0.15) is 17.2 Å². The number of methoxy groups -OCH3 is 1. The molecule has 0 saturated heterocycles. The Bertz CT molecular complexity index is 526.